The molecule has 1 aliphatic heterocycles. The molecule has 2 aromatic rings. The van der Waals surface area contributed by atoms with Crippen LogP contribution in [-0.2, 0) is 4.74 Å². The van der Waals surface area contributed by atoms with E-state index in [9.17, 15) is 0 Å². The van der Waals surface area contributed by atoms with Crippen LogP contribution in [0.5, 0.6) is 0 Å². The van der Waals surface area contributed by atoms with Gasteiger partial charge >= 0.3 is 0 Å². The third-order valence-corrected chi connectivity index (χ3v) is 3.52. The van der Waals surface area contributed by atoms with Gasteiger partial charge in [0.2, 0.25) is 0 Å². The lowest BCUT2D eigenvalue weighted by Crippen LogP contribution is -2.48. The summed E-state index contributed by atoms with van der Waals surface area (Å²) >= 11 is 0. The zero-order chi connectivity index (χ0) is 13.5. The van der Waals surface area contributed by atoms with Crippen molar-refractivity contribution in [1.82, 2.24) is 4.98 Å². The number of anilines is 2. The van der Waals surface area contributed by atoms with Crippen molar-refractivity contribution in [3.8, 4) is 0 Å². The predicted octanol–water partition coefficient (Wildman–Crippen LogP) is 2.43. The standard InChI is InChI=1S/C15H19N3O/c1-15(2)10-18(7-8-19-15)14-11-5-3-4-6-13(11)17-9-12(14)16/h3-6,9H,7-8,10,16H2,1-2H3. The third-order valence-electron chi connectivity index (χ3n) is 3.52. The Morgan fingerprint density at radius 1 is 1.32 bits per heavy atom. The van der Waals surface area contributed by atoms with Crippen molar-refractivity contribution in [1.29, 1.82) is 0 Å². The van der Waals surface area contributed by atoms with Gasteiger partial charge in [-0.25, -0.2) is 0 Å². The average molecular weight is 257 g/mol. The van der Waals surface area contributed by atoms with Gasteiger partial charge in [0.15, 0.2) is 0 Å². The van der Waals surface area contributed by atoms with E-state index in [2.05, 4.69) is 29.8 Å². The van der Waals surface area contributed by atoms with E-state index in [0.29, 0.717) is 0 Å². The quantitative estimate of drug-likeness (QED) is 0.852. The predicted molar refractivity (Wildman–Crippen MR) is 78.4 cm³/mol. The summed E-state index contributed by atoms with van der Waals surface area (Å²) in [6, 6.07) is 8.12. The first-order valence-corrected chi connectivity index (χ1v) is 6.59. The van der Waals surface area contributed by atoms with Crippen molar-refractivity contribution in [3.63, 3.8) is 0 Å². The average Bonchev–Trinajstić information content (AvgIpc) is 2.37. The zero-order valence-electron chi connectivity index (χ0n) is 11.4. The first-order chi connectivity index (χ1) is 9.07. The van der Waals surface area contributed by atoms with Gasteiger partial charge in [0, 0.05) is 18.5 Å². The van der Waals surface area contributed by atoms with Gasteiger partial charge in [-0.2, -0.15) is 0 Å². The molecule has 100 valence electrons. The minimum absolute atomic E-state index is 0.144. The fourth-order valence-corrected chi connectivity index (χ4v) is 2.70. The second-order valence-electron chi connectivity index (χ2n) is 5.61. The molecule has 0 amide bonds. The number of nitrogen functional groups attached to an aromatic ring is 1. The van der Waals surface area contributed by atoms with Gasteiger partial charge in [-0.15, -0.1) is 0 Å². The molecule has 2 N–H and O–H groups in total. The number of hydrogen-bond acceptors (Lipinski definition) is 4. The Labute approximate surface area is 113 Å². The van der Waals surface area contributed by atoms with Crippen molar-refractivity contribution in [2.75, 3.05) is 30.3 Å². The summed E-state index contributed by atoms with van der Waals surface area (Å²) in [5.41, 5.74) is 8.82. The Kier molecular flexibility index (Phi) is 2.82. The molecule has 1 aliphatic rings. The van der Waals surface area contributed by atoms with Crippen molar-refractivity contribution >= 4 is 22.3 Å². The fraction of sp³-hybridized carbons (Fsp3) is 0.400. The van der Waals surface area contributed by atoms with Crippen LogP contribution in [0.2, 0.25) is 0 Å². The maximum Gasteiger partial charge on any atom is 0.0801 e. The van der Waals surface area contributed by atoms with Crippen LogP contribution in [0, 0.1) is 0 Å². The Morgan fingerprint density at radius 2 is 2.11 bits per heavy atom. The first kappa shape index (κ1) is 12.2. The largest absolute Gasteiger partial charge is 0.396 e. The van der Waals surface area contributed by atoms with Gasteiger partial charge in [-0.05, 0) is 19.9 Å². The Hall–Kier alpha value is -1.81. The molecule has 3 rings (SSSR count). The summed E-state index contributed by atoms with van der Waals surface area (Å²) in [5, 5.41) is 1.11. The summed E-state index contributed by atoms with van der Waals surface area (Å²) in [6.07, 6.45) is 1.75. The Morgan fingerprint density at radius 3 is 2.89 bits per heavy atom. The van der Waals surface area contributed by atoms with E-state index in [1.807, 2.05) is 18.2 Å². The molecule has 0 saturated carbocycles. The van der Waals surface area contributed by atoms with Crippen LogP contribution >= 0.6 is 0 Å². The van der Waals surface area contributed by atoms with Crippen molar-refractivity contribution in [3.05, 3.63) is 30.5 Å². The normalized spacial score (nSPS) is 18.7. The SMILES string of the molecule is CC1(C)CN(c2c(N)cnc3ccccc23)CCO1. The summed E-state index contributed by atoms with van der Waals surface area (Å²) in [7, 11) is 0. The first-order valence-electron chi connectivity index (χ1n) is 6.59. The molecule has 0 spiro atoms. The van der Waals surface area contributed by atoms with E-state index in [1.165, 1.54) is 0 Å². The molecule has 0 aliphatic carbocycles. The maximum atomic E-state index is 6.16. The van der Waals surface area contributed by atoms with Crippen LogP contribution < -0.4 is 10.6 Å². The van der Waals surface area contributed by atoms with Crippen LogP contribution in [-0.4, -0.2) is 30.3 Å². The molecule has 0 unspecified atom stereocenters. The number of para-hydroxylation sites is 1. The smallest absolute Gasteiger partial charge is 0.0801 e. The number of hydrogen-bond donors (Lipinski definition) is 1. The molecule has 19 heavy (non-hydrogen) atoms. The molecule has 1 saturated heterocycles. The lowest BCUT2D eigenvalue weighted by Gasteiger charge is -2.40. The molecule has 0 atom stereocenters. The Bertz CT molecular complexity index is 609. The lowest BCUT2D eigenvalue weighted by atomic mass is 10.0. The zero-order valence-corrected chi connectivity index (χ0v) is 11.4. The van der Waals surface area contributed by atoms with Gasteiger partial charge in [-0.1, -0.05) is 18.2 Å². The number of pyridine rings is 1. The third kappa shape index (κ3) is 2.24. The number of rotatable bonds is 1. The molecular weight excluding hydrogens is 238 g/mol. The highest BCUT2D eigenvalue weighted by Gasteiger charge is 2.29. The summed E-state index contributed by atoms with van der Waals surface area (Å²) < 4.78 is 5.77. The van der Waals surface area contributed by atoms with E-state index < -0.39 is 0 Å². The number of ether oxygens (including phenoxy) is 1. The van der Waals surface area contributed by atoms with Gasteiger partial charge in [-0.3, -0.25) is 4.98 Å². The maximum absolute atomic E-state index is 6.16. The summed E-state index contributed by atoms with van der Waals surface area (Å²) in [6.45, 7) is 6.65. The van der Waals surface area contributed by atoms with Crippen LogP contribution in [0.1, 0.15) is 13.8 Å². The van der Waals surface area contributed by atoms with E-state index in [-0.39, 0.29) is 5.60 Å². The van der Waals surface area contributed by atoms with Gasteiger partial charge in [0.25, 0.3) is 0 Å². The summed E-state index contributed by atoms with van der Waals surface area (Å²) in [4.78, 5) is 6.70. The fourth-order valence-electron chi connectivity index (χ4n) is 2.70. The second-order valence-corrected chi connectivity index (χ2v) is 5.61. The molecule has 1 aromatic heterocycles. The van der Waals surface area contributed by atoms with Crippen LogP contribution in [0.15, 0.2) is 30.5 Å². The number of nitrogens with two attached hydrogens (primary N) is 1. The number of morpholine rings is 1. The number of nitrogens with zero attached hydrogens (tertiary/aromatic N) is 2. The molecule has 0 radical (unpaired) electrons. The van der Waals surface area contributed by atoms with Gasteiger partial charge in [0.1, 0.15) is 0 Å². The van der Waals surface area contributed by atoms with Gasteiger partial charge < -0.3 is 15.4 Å². The van der Waals surface area contributed by atoms with Gasteiger partial charge in [0.05, 0.1) is 35.3 Å². The van der Waals surface area contributed by atoms with E-state index in [4.69, 9.17) is 10.5 Å². The molecular formula is C15H19N3O. The molecule has 1 aromatic carbocycles. The highest BCUT2D eigenvalue weighted by molar-refractivity contribution is 5.97. The van der Waals surface area contributed by atoms with Crippen molar-refractivity contribution in [2.24, 2.45) is 0 Å². The van der Waals surface area contributed by atoms with Crippen LogP contribution in [0.25, 0.3) is 10.9 Å². The van der Waals surface area contributed by atoms with E-state index >= 15 is 0 Å². The second kappa shape index (κ2) is 4.38. The molecule has 2 heterocycles. The Balaban J connectivity index is 2.11. The highest BCUT2D eigenvalue weighted by atomic mass is 16.5. The van der Waals surface area contributed by atoms with Crippen LogP contribution in [0.3, 0.4) is 0 Å². The lowest BCUT2D eigenvalue weighted by molar-refractivity contribution is -0.0275. The van der Waals surface area contributed by atoms with Crippen LogP contribution in [0.4, 0.5) is 11.4 Å². The minimum atomic E-state index is -0.144. The van der Waals surface area contributed by atoms with Crippen molar-refractivity contribution in [2.45, 2.75) is 19.4 Å². The monoisotopic (exact) mass is 257 g/mol. The number of benzene rings is 1. The number of fused-ring (bicyclic) bond motifs is 1. The number of aromatic nitrogens is 1. The minimum Gasteiger partial charge on any atom is -0.396 e. The molecule has 4 nitrogen and oxygen atoms in total. The van der Waals surface area contributed by atoms with E-state index in [0.717, 1.165) is 42.0 Å². The topological polar surface area (TPSA) is 51.4 Å². The molecule has 0 bridgehead atoms. The van der Waals surface area contributed by atoms with E-state index in [1.54, 1.807) is 6.20 Å². The molecule has 4 heteroatoms. The highest BCUT2D eigenvalue weighted by Crippen LogP contribution is 2.33. The molecule has 1 fully saturated rings. The van der Waals surface area contributed by atoms with Crippen molar-refractivity contribution < 1.29 is 4.74 Å². The summed E-state index contributed by atoms with van der Waals surface area (Å²) in [5.74, 6) is 0.